The van der Waals surface area contributed by atoms with Gasteiger partial charge in [-0.2, -0.15) is 5.10 Å². The summed E-state index contributed by atoms with van der Waals surface area (Å²) in [7, 11) is 0. The molecule has 1 aromatic heterocycles. The van der Waals surface area contributed by atoms with Crippen LogP contribution in [-0.4, -0.2) is 16.7 Å². The molecule has 0 saturated heterocycles. The van der Waals surface area contributed by atoms with E-state index >= 15 is 0 Å². The Morgan fingerprint density at radius 3 is 2.94 bits per heavy atom. The van der Waals surface area contributed by atoms with E-state index in [0.29, 0.717) is 0 Å². The van der Waals surface area contributed by atoms with Crippen LogP contribution in [0.2, 0.25) is 5.02 Å². The molecule has 0 aliphatic heterocycles. The summed E-state index contributed by atoms with van der Waals surface area (Å²) in [6.45, 7) is 3.67. The van der Waals surface area contributed by atoms with Crippen LogP contribution in [0.3, 0.4) is 0 Å². The summed E-state index contributed by atoms with van der Waals surface area (Å²) < 4.78 is 13.0. The summed E-state index contributed by atoms with van der Waals surface area (Å²) >= 11 is 5.73. The molecule has 0 aliphatic carbocycles. The molecule has 1 aromatic carbocycles. The van der Waals surface area contributed by atoms with Crippen molar-refractivity contribution in [1.82, 2.24) is 15.5 Å². The van der Waals surface area contributed by atoms with Crippen LogP contribution >= 0.6 is 11.6 Å². The normalized spacial score (nSPS) is 10.8. The van der Waals surface area contributed by atoms with Crippen LogP contribution in [0.1, 0.15) is 12.6 Å². The smallest absolute Gasteiger partial charge is 0.141 e. The topological polar surface area (TPSA) is 40.7 Å². The number of nitrogens with one attached hydrogen (secondary N) is 2. The lowest BCUT2D eigenvalue weighted by Gasteiger charge is -1.98. The van der Waals surface area contributed by atoms with Crippen LogP contribution in [0.15, 0.2) is 24.3 Å². The van der Waals surface area contributed by atoms with Gasteiger partial charge >= 0.3 is 0 Å². The molecule has 1 heterocycles. The van der Waals surface area contributed by atoms with Gasteiger partial charge in [-0.3, -0.25) is 5.10 Å². The quantitative estimate of drug-likeness (QED) is 0.880. The summed E-state index contributed by atoms with van der Waals surface area (Å²) in [5.74, 6) is -0.418. The summed E-state index contributed by atoms with van der Waals surface area (Å²) in [6, 6.07) is 6.50. The highest BCUT2D eigenvalue weighted by Crippen LogP contribution is 2.23. The molecule has 3 nitrogen and oxygen atoms in total. The zero-order valence-corrected chi connectivity index (χ0v) is 10.2. The summed E-state index contributed by atoms with van der Waals surface area (Å²) in [5, 5.41) is 10.4. The number of hydrogen-bond acceptors (Lipinski definition) is 2. The van der Waals surface area contributed by atoms with Crippen molar-refractivity contribution in [2.45, 2.75) is 13.5 Å². The van der Waals surface area contributed by atoms with Crippen molar-refractivity contribution in [2.24, 2.45) is 0 Å². The summed E-state index contributed by atoms with van der Waals surface area (Å²) in [5.41, 5.74) is 2.55. The summed E-state index contributed by atoms with van der Waals surface area (Å²) in [6.07, 6.45) is 0. The maximum absolute atomic E-state index is 13.0. The van der Waals surface area contributed by atoms with Gasteiger partial charge in [-0.15, -0.1) is 0 Å². The Bertz CT molecular complexity index is 510. The van der Waals surface area contributed by atoms with Crippen molar-refractivity contribution < 1.29 is 4.39 Å². The molecule has 2 rings (SSSR count). The Kier molecular flexibility index (Phi) is 3.76. The fourth-order valence-electron chi connectivity index (χ4n) is 1.52. The van der Waals surface area contributed by atoms with Gasteiger partial charge in [-0.25, -0.2) is 4.39 Å². The Hall–Kier alpha value is -1.39. The molecule has 0 spiro atoms. The maximum atomic E-state index is 13.0. The Balaban J connectivity index is 2.21. The van der Waals surface area contributed by atoms with Gasteiger partial charge in [0.2, 0.25) is 0 Å². The van der Waals surface area contributed by atoms with E-state index in [1.807, 2.05) is 13.0 Å². The third kappa shape index (κ3) is 2.84. The Morgan fingerprint density at radius 2 is 2.24 bits per heavy atom. The van der Waals surface area contributed by atoms with E-state index in [-0.39, 0.29) is 5.02 Å². The van der Waals surface area contributed by atoms with E-state index in [4.69, 9.17) is 11.6 Å². The molecule has 0 fully saturated rings. The van der Waals surface area contributed by atoms with Crippen LogP contribution in [0, 0.1) is 5.82 Å². The molecule has 2 aromatic rings. The average molecular weight is 254 g/mol. The minimum absolute atomic E-state index is 0.110. The third-order valence-corrected chi connectivity index (χ3v) is 2.70. The molecule has 0 bridgehead atoms. The van der Waals surface area contributed by atoms with Crippen molar-refractivity contribution in [3.8, 4) is 11.3 Å². The van der Waals surface area contributed by atoms with E-state index in [9.17, 15) is 4.39 Å². The number of aromatic nitrogens is 2. The van der Waals surface area contributed by atoms with Crippen molar-refractivity contribution >= 4 is 11.6 Å². The van der Waals surface area contributed by atoms with Crippen LogP contribution in [0.5, 0.6) is 0 Å². The van der Waals surface area contributed by atoms with E-state index in [0.717, 1.165) is 30.0 Å². The molecule has 0 saturated carbocycles. The second-order valence-electron chi connectivity index (χ2n) is 3.69. The van der Waals surface area contributed by atoms with Gasteiger partial charge in [0.1, 0.15) is 5.82 Å². The lowest BCUT2D eigenvalue weighted by molar-refractivity contribution is 0.628. The van der Waals surface area contributed by atoms with Crippen LogP contribution in [-0.2, 0) is 6.54 Å². The zero-order valence-electron chi connectivity index (χ0n) is 9.43. The van der Waals surface area contributed by atoms with E-state index in [2.05, 4.69) is 15.5 Å². The van der Waals surface area contributed by atoms with Gasteiger partial charge in [0, 0.05) is 17.8 Å². The average Bonchev–Trinajstić information content (AvgIpc) is 2.79. The predicted molar refractivity (Wildman–Crippen MR) is 66.4 cm³/mol. The second kappa shape index (κ2) is 5.29. The van der Waals surface area contributed by atoms with Gasteiger partial charge in [-0.05, 0) is 30.8 Å². The molecule has 0 radical (unpaired) electrons. The molecule has 2 N–H and O–H groups in total. The lowest BCUT2D eigenvalue weighted by Crippen LogP contribution is -2.11. The molecule has 17 heavy (non-hydrogen) atoms. The van der Waals surface area contributed by atoms with E-state index < -0.39 is 5.82 Å². The van der Waals surface area contributed by atoms with Crippen molar-refractivity contribution in [3.05, 3.63) is 40.8 Å². The largest absolute Gasteiger partial charge is 0.311 e. The number of aromatic amines is 1. The van der Waals surface area contributed by atoms with Gasteiger partial charge in [0.25, 0.3) is 0 Å². The Labute approximate surface area is 104 Å². The predicted octanol–water partition coefficient (Wildman–Crippen LogP) is 2.98. The van der Waals surface area contributed by atoms with Gasteiger partial charge < -0.3 is 5.32 Å². The van der Waals surface area contributed by atoms with Crippen LogP contribution < -0.4 is 5.32 Å². The molecular weight excluding hydrogens is 241 g/mol. The fourth-order valence-corrected chi connectivity index (χ4v) is 1.70. The van der Waals surface area contributed by atoms with Gasteiger partial charge in [0.15, 0.2) is 0 Å². The molecule has 0 aliphatic rings. The third-order valence-electron chi connectivity index (χ3n) is 2.41. The number of hydrogen-bond donors (Lipinski definition) is 2. The van der Waals surface area contributed by atoms with Crippen molar-refractivity contribution in [3.63, 3.8) is 0 Å². The van der Waals surface area contributed by atoms with Crippen molar-refractivity contribution in [2.75, 3.05) is 6.54 Å². The SMILES string of the molecule is CCNCc1cc(-c2ccc(F)c(Cl)c2)n[nH]1. The molecule has 90 valence electrons. The molecular formula is C12H13ClFN3. The first-order valence-electron chi connectivity index (χ1n) is 5.41. The maximum Gasteiger partial charge on any atom is 0.141 e. The number of nitrogens with zero attached hydrogens (tertiary/aromatic N) is 1. The highest BCUT2D eigenvalue weighted by molar-refractivity contribution is 6.31. The first kappa shape index (κ1) is 12.1. The van der Waals surface area contributed by atoms with E-state index in [1.165, 1.54) is 6.07 Å². The first-order chi connectivity index (χ1) is 8.20. The fraction of sp³-hybridized carbons (Fsp3) is 0.250. The summed E-state index contributed by atoms with van der Waals surface area (Å²) in [4.78, 5) is 0. The highest BCUT2D eigenvalue weighted by Gasteiger charge is 2.06. The lowest BCUT2D eigenvalue weighted by atomic mass is 10.1. The number of H-pyrrole nitrogens is 1. The number of halogens is 2. The first-order valence-corrected chi connectivity index (χ1v) is 5.79. The van der Waals surface area contributed by atoms with E-state index in [1.54, 1.807) is 12.1 Å². The standard InChI is InChI=1S/C12H13ClFN3/c1-2-15-7-9-6-12(17-16-9)8-3-4-11(14)10(13)5-8/h3-6,15H,2,7H2,1H3,(H,16,17). The second-order valence-corrected chi connectivity index (χ2v) is 4.09. The minimum Gasteiger partial charge on any atom is -0.311 e. The minimum atomic E-state index is -0.418. The van der Waals surface area contributed by atoms with Gasteiger partial charge in [0.05, 0.1) is 10.7 Å². The molecule has 0 amide bonds. The number of benzene rings is 1. The number of rotatable bonds is 4. The highest BCUT2D eigenvalue weighted by atomic mass is 35.5. The Morgan fingerprint density at radius 1 is 1.41 bits per heavy atom. The zero-order chi connectivity index (χ0) is 12.3. The molecule has 0 unspecified atom stereocenters. The monoisotopic (exact) mass is 253 g/mol. The van der Waals surface area contributed by atoms with Gasteiger partial charge in [-0.1, -0.05) is 18.5 Å². The van der Waals surface area contributed by atoms with Crippen LogP contribution in [0.4, 0.5) is 4.39 Å². The van der Waals surface area contributed by atoms with Crippen molar-refractivity contribution in [1.29, 1.82) is 0 Å². The molecule has 0 atom stereocenters. The van der Waals surface area contributed by atoms with Crippen LogP contribution in [0.25, 0.3) is 11.3 Å². The molecule has 5 heteroatoms.